The van der Waals surface area contributed by atoms with E-state index in [0.717, 1.165) is 0 Å². The van der Waals surface area contributed by atoms with Crippen LogP contribution in [0.15, 0.2) is 53.4 Å². The van der Waals surface area contributed by atoms with E-state index in [-0.39, 0.29) is 11.5 Å². The molecular formula is C16H15ClO3S. The van der Waals surface area contributed by atoms with Crippen LogP contribution in [0.4, 0.5) is 0 Å². The highest BCUT2D eigenvalue weighted by Gasteiger charge is 2.12. The molecule has 0 N–H and O–H groups in total. The standard InChI is InChI=1S/C16H15ClO3S/c1-2-20-14-7-3-12(4-8-14)16(18)11-21(19)15-9-5-13(17)6-10-15/h3-10H,2,11H2,1H3. The SMILES string of the molecule is CCOc1ccc(C(=O)CS(=O)c2ccc(Cl)cc2)cc1. The molecule has 0 amide bonds. The van der Waals surface area contributed by atoms with Crippen molar-refractivity contribution in [3.63, 3.8) is 0 Å². The van der Waals surface area contributed by atoms with Crippen LogP contribution in [0.25, 0.3) is 0 Å². The summed E-state index contributed by atoms with van der Waals surface area (Å²) in [6, 6.07) is 13.5. The van der Waals surface area contributed by atoms with Crippen molar-refractivity contribution in [2.75, 3.05) is 12.4 Å². The Hall–Kier alpha value is -1.65. The number of ether oxygens (including phenoxy) is 1. The first kappa shape index (κ1) is 15.7. The number of halogens is 1. The van der Waals surface area contributed by atoms with Gasteiger partial charge in [-0.2, -0.15) is 0 Å². The molecule has 0 bridgehead atoms. The summed E-state index contributed by atoms with van der Waals surface area (Å²) in [5.74, 6) is 0.509. The molecule has 0 spiro atoms. The molecule has 2 rings (SSSR count). The number of rotatable bonds is 6. The van der Waals surface area contributed by atoms with Crippen molar-refractivity contribution in [2.24, 2.45) is 0 Å². The molecule has 0 aliphatic carbocycles. The van der Waals surface area contributed by atoms with Crippen LogP contribution >= 0.6 is 11.6 Å². The molecule has 2 aromatic rings. The Morgan fingerprint density at radius 1 is 1.10 bits per heavy atom. The lowest BCUT2D eigenvalue weighted by atomic mass is 10.1. The maximum atomic E-state index is 12.1. The summed E-state index contributed by atoms with van der Waals surface area (Å²) in [5.41, 5.74) is 0.528. The molecule has 5 heteroatoms. The summed E-state index contributed by atoms with van der Waals surface area (Å²) >= 11 is 5.78. The molecule has 3 nitrogen and oxygen atoms in total. The smallest absolute Gasteiger partial charge is 0.175 e. The summed E-state index contributed by atoms with van der Waals surface area (Å²) in [6.45, 7) is 2.47. The van der Waals surface area contributed by atoms with Crippen molar-refractivity contribution in [3.8, 4) is 5.75 Å². The summed E-state index contributed by atoms with van der Waals surface area (Å²) in [4.78, 5) is 12.7. The van der Waals surface area contributed by atoms with Gasteiger partial charge < -0.3 is 4.74 Å². The van der Waals surface area contributed by atoms with E-state index in [9.17, 15) is 9.00 Å². The van der Waals surface area contributed by atoms with Gasteiger partial charge in [-0.1, -0.05) is 11.6 Å². The Bertz CT molecular complexity index is 636. The van der Waals surface area contributed by atoms with Gasteiger partial charge in [0, 0.05) is 15.5 Å². The third kappa shape index (κ3) is 4.41. The Labute approximate surface area is 131 Å². The third-order valence-corrected chi connectivity index (χ3v) is 4.40. The Balaban J connectivity index is 2.03. The maximum Gasteiger partial charge on any atom is 0.175 e. The molecule has 21 heavy (non-hydrogen) atoms. The van der Waals surface area contributed by atoms with E-state index < -0.39 is 10.8 Å². The zero-order valence-corrected chi connectivity index (χ0v) is 13.1. The van der Waals surface area contributed by atoms with Crippen LogP contribution in [0, 0.1) is 0 Å². The van der Waals surface area contributed by atoms with E-state index >= 15 is 0 Å². The number of ketones is 1. The van der Waals surface area contributed by atoms with Crippen molar-refractivity contribution in [2.45, 2.75) is 11.8 Å². The second-order valence-electron chi connectivity index (χ2n) is 4.32. The van der Waals surface area contributed by atoms with Crippen LogP contribution in [0.5, 0.6) is 5.75 Å². The number of benzene rings is 2. The predicted molar refractivity (Wildman–Crippen MR) is 84.7 cm³/mol. The average molecular weight is 323 g/mol. The van der Waals surface area contributed by atoms with E-state index in [1.165, 1.54) is 0 Å². The van der Waals surface area contributed by atoms with Gasteiger partial charge >= 0.3 is 0 Å². The van der Waals surface area contributed by atoms with Crippen molar-refractivity contribution in [1.29, 1.82) is 0 Å². The molecule has 0 aliphatic rings. The fourth-order valence-corrected chi connectivity index (χ4v) is 2.91. The number of hydrogen-bond donors (Lipinski definition) is 0. The largest absolute Gasteiger partial charge is 0.494 e. The lowest BCUT2D eigenvalue weighted by Gasteiger charge is -2.05. The van der Waals surface area contributed by atoms with E-state index in [4.69, 9.17) is 16.3 Å². The second-order valence-corrected chi connectivity index (χ2v) is 6.21. The third-order valence-electron chi connectivity index (χ3n) is 2.83. The maximum absolute atomic E-state index is 12.1. The highest BCUT2D eigenvalue weighted by Crippen LogP contribution is 2.16. The summed E-state index contributed by atoms with van der Waals surface area (Å²) in [6.07, 6.45) is 0. The van der Waals surface area contributed by atoms with E-state index in [1.807, 2.05) is 6.92 Å². The van der Waals surface area contributed by atoms with E-state index in [0.29, 0.717) is 27.8 Å². The molecular weight excluding hydrogens is 308 g/mol. The van der Waals surface area contributed by atoms with Crippen LogP contribution in [0.1, 0.15) is 17.3 Å². The fourth-order valence-electron chi connectivity index (χ4n) is 1.78. The molecule has 1 atom stereocenters. The van der Waals surface area contributed by atoms with Gasteiger partial charge in [0.15, 0.2) is 5.78 Å². The Morgan fingerprint density at radius 3 is 2.29 bits per heavy atom. The monoisotopic (exact) mass is 322 g/mol. The van der Waals surface area contributed by atoms with Crippen LogP contribution in [0.2, 0.25) is 5.02 Å². The topological polar surface area (TPSA) is 43.4 Å². The molecule has 0 saturated carbocycles. The molecule has 0 aliphatic heterocycles. The molecule has 0 saturated heterocycles. The van der Waals surface area contributed by atoms with Gasteiger partial charge in [-0.3, -0.25) is 9.00 Å². The van der Waals surface area contributed by atoms with Gasteiger partial charge in [-0.25, -0.2) is 0 Å². The van der Waals surface area contributed by atoms with Gasteiger partial charge in [-0.05, 0) is 55.5 Å². The van der Waals surface area contributed by atoms with Crippen molar-refractivity contribution < 1.29 is 13.7 Å². The first-order chi connectivity index (χ1) is 10.1. The minimum Gasteiger partial charge on any atom is -0.494 e. The van der Waals surface area contributed by atoms with Crippen molar-refractivity contribution >= 4 is 28.2 Å². The quantitative estimate of drug-likeness (QED) is 0.761. The van der Waals surface area contributed by atoms with Crippen molar-refractivity contribution in [3.05, 3.63) is 59.1 Å². The summed E-state index contributed by atoms with van der Waals surface area (Å²) < 4.78 is 17.5. The number of carbonyl (C=O) groups excluding carboxylic acids is 1. The fraction of sp³-hybridized carbons (Fsp3) is 0.188. The van der Waals surface area contributed by atoms with Crippen LogP contribution in [-0.2, 0) is 10.8 Å². The minimum absolute atomic E-state index is 0.0460. The molecule has 0 fully saturated rings. The Morgan fingerprint density at radius 2 is 1.71 bits per heavy atom. The molecule has 110 valence electrons. The van der Waals surface area contributed by atoms with Gasteiger partial charge in [0.25, 0.3) is 0 Å². The molecule has 2 aromatic carbocycles. The first-order valence-corrected chi connectivity index (χ1v) is 8.20. The normalized spacial score (nSPS) is 11.9. The summed E-state index contributed by atoms with van der Waals surface area (Å²) in [5, 5.41) is 0.577. The van der Waals surface area contributed by atoms with Crippen LogP contribution in [0.3, 0.4) is 0 Å². The van der Waals surface area contributed by atoms with Crippen LogP contribution < -0.4 is 4.74 Å². The van der Waals surface area contributed by atoms with Gasteiger partial charge in [-0.15, -0.1) is 0 Å². The number of carbonyl (C=O) groups is 1. The van der Waals surface area contributed by atoms with E-state index in [1.54, 1.807) is 48.5 Å². The zero-order valence-electron chi connectivity index (χ0n) is 11.5. The first-order valence-electron chi connectivity index (χ1n) is 6.50. The van der Waals surface area contributed by atoms with Gasteiger partial charge in [0.1, 0.15) is 5.75 Å². The average Bonchev–Trinajstić information content (AvgIpc) is 2.49. The molecule has 0 radical (unpaired) electrons. The number of hydrogen-bond acceptors (Lipinski definition) is 3. The predicted octanol–water partition coefficient (Wildman–Crippen LogP) is 3.73. The minimum atomic E-state index is -1.37. The summed E-state index contributed by atoms with van der Waals surface area (Å²) in [7, 11) is -1.37. The lowest BCUT2D eigenvalue weighted by Crippen LogP contribution is -2.11. The highest BCUT2D eigenvalue weighted by molar-refractivity contribution is 7.85. The second kappa shape index (κ2) is 7.38. The van der Waals surface area contributed by atoms with Crippen LogP contribution in [-0.4, -0.2) is 22.4 Å². The zero-order chi connectivity index (χ0) is 15.2. The Kier molecular flexibility index (Phi) is 5.53. The molecule has 1 unspecified atom stereocenters. The van der Waals surface area contributed by atoms with E-state index in [2.05, 4.69) is 0 Å². The highest BCUT2D eigenvalue weighted by atomic mass is 35.5. The van der Waals surface area contributed by atoms with Gasteiger partial charge in [0.05, 0.1) is 23.2 Å². The van der Waals surface area contributed by atoms with Gasteiger partial charge in [0.2, 0.25) is 0 Å². The van der Waals surface area contributed by atoms with Crippen molar-refractivity contribution in [1.82, 2.24) is 0 Å². The molecule has 0 aromatic heterocycles. The number of Topliss-reactive ketones (excluding diaryl/α,β-unsaturated/α-hetero) is 1. The molecule has 0 heterocycles. The lowest BCUT2D eigenvalue weighted by molar-refractivity contribution is 0.102.